The molecule has 4 rings (SSSR count). The van der Waals surface area contributed by atoms with E-state index in [1.54, 1.807) is 19.2 Å². The fraction of sp³-hybridized carbons (Fsp3) is 0.286. The molecular formula is C21H23N3O4S2. The zero-order valence-corrected chi connectivity index (χ0v) is 18.4. The molecule has 0 unspecified atom stereocenters. The van der Waals surface area contributed by atoms with Gasteiger partial charge < -0.3 is 14.0 Å². The van der Waals surface area contributed by atoms with Gasteiger partial charge in [0.15, 0.2) is 4.80 Å². The summed E-state index contributed by atoms with van der Waals surface area (Å²) in [6, 6.07) is 14.6. The molecule has 1 aliphatic rings. The fourth-order valence-electron chi connectivity index (χ4n) is 3.29. The molecule has 1 saturated heterocycles. The molecule has 0 bridgehead atoms. The minimum atomic E-state index is -3.50. The molecule has 2 aromatic carbocycles. The van der Waals surface area contributed by atoms with Gasteiger partial charge in [0, 0.05) is 25.5 Å². The van der Waals surface area contributed by atoms with Gasteiger partial charge in [0.05, 0.1) is 30.9 Å². The van der Waals surface area contributed by atoms with E-state index >= 15 is 0 Å². The second-order valence-corrected chi connectivity index (χ2v) is 9.56. The number of nitrogens with zero attached hydrogens (tertiary/aromatic N) is 3. The normalized spacial score (nSPS) is 16.0. The number of benzene rings is 2. The van der Waals surface area contributed by atoms with Crippen molar-refractivity contribution in [1.82, 2.24) is 8.87 Å². The van der Waals surface area contributed by atoms with E-state index < -0.39 is 10.0 Å². The molecule has 0 spiro atoms. The lowest BCUT2D eigenvalue weighted by Crippen LogP contribution is -2.40. The maximum absolute atomic E-state index is 12.8. The molecule has 0 radical (unpaired) electrons. The lowest BCUT2D eigenvalue weighted by Gasteiger charge is -2.26. The lowest BCUT2D eigenvalue weighted by molar-refractivity contribution is 0.0730. The molecule has 0 aliphatic carbocycles. The first-order valence-electron chi connectivity index (χ1n) is 9.51. The largest absolute Gasteiger partial charge is 0.494 e. The molecular weight excluding hydrogens is 422 g/mol. The second-order valence-electron chi connectivity index (χ2n) is 6.79. The number of thiazole rings is 1. The van der Waals surface area contributed by atoms with Crippen LogP contribution in [0, 0.1) is 0 Å². The first-order valence-corrected chi connectivity index (χ1v) is 11.8. The third-order valence-electron chi connectivity index (χ3n) is 4.98. The van der Waals surface area contributed by atoms with Crippen molar-refractivity contribution in [3.05, 3.63) is 58.7 Å². The highest BCUT2D eigenvalue weighted by atomic mass is 32.2. The Hall–Kier alpha value is -2.46. The predicted octanol–water partition coefficient (Wildman–Crippen LogP) is 3.02. The van der Waals surface area contributed by atoms with Crippen molar-refractivity contribution >= 4 is 27.0 Å². The topological polar surface area (TPSA) is 73.1 Å². The molecule has 3 aromatic rings. The van der Waals surface area contributed by atoms with Crippen LogP contribution in [0.3, 0.4) is 0 Å². The fourth-order valence-corrected chi connectivity index (χ4v) is 5.62. The van der Waals surface area contributed by atoms with Crippen LogP contribution in [0.4, 0.5) is 5.69 Å². The summed E-state index contributed by atoms with van der Waals surface area (Å²) in [4.78, 5) is 5.83. The predicted molar refractivity (Wildman–Crippen MR) is 117 cm³/mol. The van der Waals surface area contributed by atoms with Crippen molar-refractivity contribution in [1.29, 1.82) is 0 Å². The Morgan fingerprint density at radius 3 is 2.47 bits per heavy atom. The Bertz CT molecular complexity index is 1190. The van der Waals surface area contributed by atoms with Gasteiger partial charge in [-0.15, -0.1) is 11.3 Å². The number of hydrogen-bond donors (Lipinski definition) is 0. The Balaban J connectivity index is 1.64. The minimum Gasteiger partial charge on any atom is -0.494 e. The Labute approximate surface area is 179 Å². The number of methoxy groups -OCH3 is 1. The highest BCUT2D eigenvalue weighted by Crippen LogP contribution is 2.27. The van der Waals surface area contributed by atoms with Crippen LogP contribution in [0.25, 0.3) is 11.3 Å². The summed E-state index contributed by atoms with van der Waals surface area (Å²) in [7, 11) is 0.0711. The number of rotatable bonds is 5. The van der Waals surface area contributed by atoms with Gasteiger partial charge in [0.2, 0.25) is 10.0 Å². The zero-order valence-electron chi connectivity index (χ0n) is 16.8. The highest BCUT2D eigenvalue weighted by molar-refractivity contribution is 7.89. The van der Waals surface area contributed by atoms with Crippen LogP contribution in [-0.4, -0.2) is 50.7 Å². The van der Waals surface area contributed by atoms with Crippen molar-refractivity contribution in [2.45, 2.75) is 4.90 Å². The van der Waals surface area contributed by atoms with Crippen LogP contribution < -0.4 is 9.54 Å². The molecule has 0 N–H and O–H groups in total. The molecule has 1 aromatic heterocycles. The first-order chi connectivity index (χ1) is 14.5. The quantitative estimate of drug-likeness (QED) is 0.605. The molecule has 9 heteroatoms. The van der Waals surface area contributed by atoms with E-state index in [-0.39, 0.29) is 0 Å². The summed E-state index contributed by atoms with van der Waals surface area (Å²) in [6.45, 7) is 1.63. The molecule has 1 fully saturated rings. The van der Waals surface area contributed by atoms with E-state index in [4.69, 9.17) is 14.5 Å². The third-order valence-corrected chi connectivity index (χ3v) is 7.81. The van der Waals surface area contributed by atoms with Gasteiger partial charge in [-0.1, -0.05) is 24.3 Å². The first kappa shape index (κ1) is 20.8. The van der Waals surface area contributed by atoms with Crippen molar-refractivity contribution in [3.63, 3.8) is 0 Å². The number of sulfonamides is 1. The molecule has 1 aliphatic heterocycles. The second kappa shape index (κ2) is 8.73. The van der Waals surface area contributed by atoms with Crippen LogP contribution in [-0.2, 0) is 21.8 Å². The smallest absolute Gasteiger partial charge is 0.243 e. The van der Waals surface area contributed by atoms with Gasteiger partial charge in [-0.25, -0.2) is 13.4 Å². The van der Waals surface area contributed by atoms with Gasteiger partial charge in [0.1, 0.15) is 11.4 Å². The standard InChI is InChI=1S/C21H23N3O4S2/c1-23-19(15-29-21(23)22-18-5-3-4-6-20(18)27-2)16-7-9-17(10-8-16)30(25,26)24-11-13-28-14-12-24/h3-10,15H,11-14H2,1-2H3. The van der Waals surface area contributed by atoms with Crippen LogP contribution in [0.5, 0.6) is 5.75 Å². The van der Waals surface area contributed by atoms with Gasteiger partial charge in [-0.3, -0.25) is 0 Å². The highest BCUT2D eigenvalue weighted by Gasteiger charge is 2.26. The van der Waals surface area contributed by atoms with Crippen molar-refractivity contribution in [3.8, 4) is 17.0 Å². The Kier molecular flexibility index (Phi) is 6.05. The summed E-state index contributed by atoms with van der Waals surface area (Å²) in [5, 5.41) is 2.01. The minimum absolute atomic E-state index is 0.296. The lowest BCUT2D eigenvalue weighted by atomic mass is 10.2. The monoisotopic (exact) mass is 445 g/mol. The summed E-state index contributed by atoms with van der Waals surface area (Å²) in [5.41, 5.74) is 2.65. The van der Waals surface area contributed by atoms with Crippen molar-refractivity contribution < 1.29 is 17.9 Å². The van der Waals surface area contributed by atoms with Gasteiger partial charge >= 0.3 is 0 Å². The van der Waals surface area contributed by atoms with Crippen LogP contribution >= 0.6 is 11.3 Å². The van der Waals surface area contributed by atoms with Crippen molar-refractivity contribution in [2.24, 2.45) is 12.0 Å². The molecule has 0 amide bonds. The van der Waals surface area contributed by atoms with E-state index in [9.17, 15) is 8.42 Å². The maximum Gasteiger partial charge on any atom is 0.243 e. The Morgan fingerprint density at radius 2 is 1.77 bits per heavy atom. The van der Waals surface area contributed by atoms with E-state index in [1.807, 2.05) is 53.4 Å². The SMILES string of the molecule is COc1ccccc1N=c1scc(-c2ccc(S(=O)(=O)N3CCOCC3)cc2)n1C. The van der Waals surface area contributed by atoms with Crippen molar-refractivity contribution in [2.75, 3.05) is 33.4 Å². The van der Waals surface area contributed by atoms with Crippen LogP contribution in [0.15, 0.2) is 63.8 Å². The molecule has 0 atom stereocenters. The molecule has 158 valence electrons. The van der Waals surface area contributed by atoms with E-state index in [0.29, 0.717) is 36.9 Å². The number of hydrogen-bond acceptors (Lipinski definition) is 6. The molecule has 2 heterocycles. The van der Waals surface area contributed by atoms with E-state index in [2.05, 4.69) is 0 Å². The van der Waals surface area contributed by atoms with Gasteiger partial charge in [0.25, 0.3) is 0 Å². The number of ether oxygens (including phenoxy) is 2. The third kappa shape index (κ3) is 4.06. The average molecular weight is 446 g/mol. The van der Waals surface area contributed by atoms with Crippen LogP contribution in [0.2, 0.25) is 0 Å². The van der Waals surface area contributed by atoms with Gasteiger partial charge in [-0.05, 0) is 29.8 Å². The van der Waals surface area contributed by atoms with E-state index in [1.165, 1.54) is 15.6 Å². The number of aromatic nitrogens is 1. The van der Waals surface area contributed by atoms with Gasteiger partial charge in [-0.2, -0.15) is 4.31 Å². The molecule has 7 nitrogen and oxygen atoms in total. The zero-order chi connectivity index (χ0) is 21.1. The number of para-hydroxylation sites is 2. The Morgan fingerprint density at radius 1 is 1.07 bits per heavy atom. The summed E-state index contributed by atoms with van der Waals surface area (Å²) < 4.78 is 39.7. The molecule has 30 heavy (non-hydrogen) atoms. The number of morpholine rings is 1. The summed E-state index contributed by atoms with van der Waals surface area (Å²) >= 11 is 1.52. The summed E-state index contributed by atoms with van der Waals surface area (Å²) in [5.74, 6) is 0.713. The van der Waals surface area contributed by atoms with Crippen LogP contribution in [0.1, 0.15) is 0 Å². The van der Waals surface area contributed by atoms with E-state index in [0.717, 1.165) is 21.7 Å². The molecule has 0 saturated carbocycles. The average Bonchev–Trinajstić information content (AvgIpc) is 3.15. The summed E-state index contributed by atoms with van der Waals surface area (Å²) in [6.07, 6.45) is 0. The maximum atomic E-state index is 12.8.